The molecular formula is C24H25N7O3. The summed E-state index contributed by atoms with van der Waals surface area (Å²) < 4.78 is 7.10. The Labute approximate surface area is 196 Å². The molecule has 0 bridgehead atoms. The van der Waals surface area contributed by atoms with Crippen LogP contribution in [0.5, 0.6) is 0 Å². The number of rotatable bonds is 5. The van der Waals surface area contributed by atoms with Crippen molar-refractivity contribution in [3.8, 4) is 17.1 Å². The number of benzene rings is 1. The molecule has 0 radical (unpaired) electrons. The van der Waals surface area contributed by atoms with Gasteiger partial charge >= 0.3 is 6.09 Å². The van der Waals surface area contributed by atoms with Crippen LogP contribution < -0.4 is 16.8 Å². The predicted octanol–water partition coefficient (Wildman–Crippen LogP) is 3.19. The number of primary amides is 1. The van der Waals surface area contributed by atoms with Crippen molar-refractivity contribution in [3.05, 3.63) is 66.0 Å². The number of aromatic nitrogens is 4. The molecule has 0 fully saturated rings. The van der Waals surface area contributed by atoms with Crippen LogP contribution in [0, 0.1) is 0 Å². The molecule has 0 atom stereocenters. The van der Waals surface area contributed by atoms with Crippen molar-refractivity contribution in [2.24, 2.45) is 5.73 Å². The molecule has 5 N–H and O–H groups in total. The molecule has 34 heavy (non-hydrogen) atoms. The largest absolute Gasteiger partial charge is 0.444 e. The Hall–Kier alpha value is -4.47. The molecule has 3 heterocycles. The lowest BCUT2D eigenvalue weighted by atomic mass is 10.2. The van der Waals surface area contributed by atoms with Crippen LogP contribution in [0.2, 0.25) is 0 Å². The first-order valence-electron chi connectivity index (χ1n) is 10.6. The highest BCUT2D eigenvalue weighted by Crippen LogP contribution is 2.30. The van der Waals surface area contributed by atoms with E-state index in [0.717, 1.165) is 11.3 Å². The Morgan fingerprint density at radius 3 is 2.50 bits per heavy atom. The van der Waals surface area contributed by atoms with Crippen LogP contribution in [0.15, 0.2) is 54.9 Å². The number of nitrogen functional groups attached to an aromatic ring is 1. The second-order valence-electron chi connectivity index (χ2n) is 8.66. The number of anilines is 1. The fourth-order valence-electron chi connectivity index (χ4n) is 3.38. The summed E-state index contributed by atoms with van der Waals surface area (Å²) in [4.78, 5) is 36.8. The molecule has 0 aliphatic heterocycles. The molecular weight excluding hydrogens is 434 g/mol. The number of nitrogens with one attached hydrogen (secondary N) is 1. The first-order chi connectivity index (χ1) is 16.1. The lowest BCUT2D eigenvalue weighted by molar-refractivity contribution is 0.0523. The van der Waals surface area contributed by atoms with Crippen molar-refractivity contribution in [1.29, 1.82) is 0 Å². The van der Waals surface area contributed by atoms with Crippen molar-refractivity contribution in [1.82, 2.24) is 24.8 Å². The third-order valence-electron chi connectivity index (χ3n) is 4.89. The fourth-order valence-corrected chi connectivity index (χ4v) is 3.38. The van der Waals surface area contributed by atoms with Crippen molar-refractivity contribution in [2.75, 3.05) is 5.73 Å². The Morgan fingerprint density at radius 2 is 1.85 bits per heavy atom. The Kier molecular flexibility index (Phi) is 5.89. The molecule has 0 aliphatic rings. The minimum absolute atomic E-state index is 0.256. The zero-order valence-corrected chi connectivity index (χ0v) is 19.1. The van der Waals surface area contributed by atoms with Crippen LogP contribution in [0.3, 0.4) is 0 Å². The molecule has 0 saturated heterocycles. The van der Waals surface area contributed by atoms with Crippen LogP contribution in [-0.2, 0) is 11.3 Å². The van der Waals surface area contributed by atoms with Gasteiger partial charge in [0.2, 0.25) is 5.91 Å². The average Bonchev–Trinajstić information content (AvgIpc) is 3.15. The highest BCUT2D eigenvalue weighted by atomic mass is 16.6. The van der Waals surface area contributed by atoms with Crippen LogP contribution in [0.1, 0.15) is 36.7 Å². The van der Waals surface area contributed by atoms with Gasteiger partial charge in [0.1, 0.15) is 16.9 Å². The van der Waals surface area contributed by atoms with Crippen molar-refractivity contribution < 1.29 is 14.3 Å². The molecule has 10 heteroatoms. The maximum absolute atomic E-state index is 11.9. The number of carbonyl (C=O) groups excluding carboxylic acids is 2. The van der Waals surface area contributed by atoms with Crippen LogP contribution >= 0.6 is 0 Å². The van der Waals surface area contributed by atoms with Gasteiger partial charge in [-0.25, -0.2) is 19.7 Å². The van der Waals surface area contributed by atoms with E-state index in [9.17, 15) is 9.59 Å². The molecule has 0 aliphatic carbocycles. The molecule has 4 aromatic rings. The van der Waals surface area contributed by atoms with E-state index >= 15 is 0 Å². The van der Waals surface area contributed by atoms with Crippen molar-refractivity contribution in [3.63, 3.8) is 0 Å². The smallest absolute Gasteiger partial charge is 0.407 e. The first kappa shape index (κ1) is 22.7. The monoisotopic (exact) mass is 459 g/mol. The van der Waals surface area contributed by atoms with Gasteiger partial charge in [0.25, 0.3) is 0 Å². The summed E-state index contributed by atoms with van der Waals surface area (Å²) in [6, 6.07) is 12.7. The van der Waals surface area contributed by atoms with Gasteiger partial charge in [-0.2, -0.15) is 0 Å². The summed E-state index contributed by atoms with van der Waals surface area (Å²) in [6.45, 7) is 5.74. The summed E-state index contributed by atoms with van der Waals surface area (Å²) in [5.41, 5.74) is 14.5. The van der Waals surface area contributed by atoms with Gasteiger partial charge < -0.3 is 21.5 Å². The maximum atomic E-state index is 11.9. The lowest BCUT2D eigenvalue weighted by Crippen LogP contribution is -2.32. The van der Waals surface area contributed by atoms with Crippen LogP contribution in [0.4, 0.5) is 10.6 Å². The van der Waals surface area contributed by atoms with Crippen LogP contribution in [0.25, 0.3) is 28.2 Å². The number of fused-ring (bicyclic) bond motifs is 1. The number of alkyl carbamates (subject to hydrolysis) is 1. The number of pyridine rings is 2. The van der Waals surface area contributed by atoms with Gasteiger partial charge in [-0.1, -0.05) is 12.1 Å². The number of nitrogens with zero attached hydrogens (tertiary/aromatic N) is 4. The van der Waals surface area contributed by atoms with E-state index < -0.39 is 17.6 Å². The maximum Gasteiger partial charge on any atom is 0.407 e. The SMILES string of the molecule is CC(C)(C)OC(=O)NCc1ccc(-n2c(-c3cccnc3N)nc3cc(C(N)=O)cnc32)cc1. The number of hydrogen-bond donors (Lipinski definition) is 3. The molecule has 1 aromatic carbocycles. The summed E-state index contributed by atoms with van der Waals surface area (Å²) in [5.74, 6) is 0.245. The van der Waals surface area contributed by atoms with E-state index in [-0.39, 0.29) is 5.56 Å². The summed E-state index contributed by atoms with van der Waals surface area (Å²) >= 11 is 0. The first-order valence-corrected chi connectivity index (χ1v) is 10.6. The van der Waals surface area contributed by atoms with E-state index in [1.165, 1.54) is 6.20 Å². The highest BCUT2D eigenvalue weighted by Gasteiger charge is 2.19. The topological polar surface area (TPSA) is 151 Å². The fraction of sp³-hybridized carbons (Fsp3) is 0.208. The van der Waals surface area contributed by atoms with Gasteiger partial charge in [-0.3, -0.25) is 9.36 Å². The number of carbonyl (C=O) groups is 2. The zero-order valence-electron chi connectivity index (χ0n) is 19.1. The summed E-state index contributed by atoms with van der Waals surface area (Å²) in [7, 11) is 0. The molecule has 0 spiro atoms. The molecule has 174 valence electrons. The predicted molar refractivity (Wildman–Crippen MR) is 128 cm³/mol. The van der Waals surface area contributed by atoms with E-state index in [0.29, 0.717) is 34.9 Å². The Balaban J connectivity index is 1.71. The zero-order chi connectivity index (χ0) is 24.5. The third kappa shape index (κ3) is 4.80. The quantitative estimate of drug-likeness (QED) is 0.414. The minimum Gasteiger partial charge on any atom is -0.444 e. The molecule has 10 nitrogen and oxygen atoms in total. The van der Waals surface area contributed by atoms with E-state index in [1.54, 1.807) is 18.3 Å². The number of imidazole rings is 1. The standard InChI is InChI=1S/C24H25N7O3/c1-24(2,3)34-23(33)29-12-14-6-8-16(9-7-14)31-21(17-5-4-10-27-19(17)25)30-18-11-15(20(26)32)13-28-22(18)31/h4-11,13H,12H2,1-3H3,(H2,25,27)(H2,26,32)(H,29,33). The summed E-state index contributed by atoms with van der Waals surface area (Å²) in [5, 5.41) is 2.74. The highest BCUT2D eigenvalue weighted by molar-refractivity contribution is 5.96. The number of ether oxygens (including phenoxy) is 1. The summed E-state index contributed by atoms with van der Waals surface area (Å²) in [6.07, 6.45) is 2.53. The van der Waals surface area contributed by atoms with Gasteiger partial charge in [-0.15, -0.1) is 0 Å². The molecule has 0 saturated carbocycles. The molecule has 2 amide bonds. The van der Waals surface area contributed by atoms with E-state index in [4.69, 9.17) is 16.2 Å². The van der Waals surface area contributed by atoms with Crippen molar-refractivity contribution in [2.45, 2.75) is 32.9 Å². The number of hydrogen-bond acceptors (Lipinski definition) is 7. The molecule has 4 rings (SSSR count). The number of amides is 2. The van der Waals surface area contributed by atoms with Crippen molar-refractivity contribution >= 4 is 29.0 Å². The van der Waals surface area contributed by atoms with E-state index in [1.807, 2.05) is 55.7 Å². The van der Waals surface area contributed by atoms with Gasteiger partial charge in [-0.05, 0) is 56.7 Å². The minimum atomic E-state index is -0.590. The average molecular weight is 460 g/mol. The molecule has 3 aromatic heterocycles. The second kappa shape index (κ2) is 8.81. The molecule has 0 unspecified atom stereocenters. The second-order valence-corrected chi connectivity index (χ2v) is 8.66. The Morgan fingerprint density at radius 1 is 1.12 bits per heavy atom. The van der Waals surface area contributed by atoms with Gasteiger partial charge in [0, 0.05) is 24.6 Å². The third-order valence-corrected chi connectivity index (χ3v) is 4.89. The van der Waals surface area contributed by atoms with E-state index in [2.05, 4.69) is 20.3 Å². The van der Waals surface area contributed by atoms with Gasteiger partial charge in [0.15, 0.2) is 11.5 Å². The normalized spacial score (nSPS) is 11.4. The van der Waals surface area contributed by atoms with Gasteiger partial charge in [0.05, 0.1) is 11.1 Å². The van der Waals surface area contributed by atoms with Crippen LogP contribution in [-0.4, -0.2) is 37.1 Å². The lowest BCUT2D eigenvalue weighted by Gasteiger charge is -2.19. The number of nitrogens with two attached hydrogens (primary N) is 2. The Bertz CT molecular complexity index is 1370.